The van der Waals surface area contributed by atoms with Gasteiger partial charge in [0.05, 0.1) is 23.5 Å². The molecule has 0 fully saturated rings. The highest BCUT2D eigenvalue weighted by atomic mass is 35.5. The number of hydrogen-bond acceptors (Lipinski definition) is 3. The zero-order valence-electron chi connectivity index (χ0n) is 10.2. The van der Waals surface area contributed by atoms with Crippen molar-refractivity contribution in [3.63, 3.8) is 0 Å². The number of hydrogen-bond donors (Lipinski definition) is 2. The van der Waals surface area contributed by atoms with Gasteiger partial charge in [-0.25, -0.2) is 0 Å². The maximum Gasteiger partial charge on any atom is 0.287 e. The fraction of sp³-hybridized carbons (Fsp3) is 0.0769. The van der Waals surface area contributed by atoms with Crippen molar-refractivity contribution in [2.45, 2.75) is 0 Å². The largest absolute Gasteiger partial charge is 0.459 e. The predicted octanol–water partition coefficient (Wildman–Crippen LogP) is 2.95. The highest BCUT2D eigenvalue weighted by Gasteiger charge is 2.11. The molecule has 0 unspecified atom stereocenters. The molecule has 7 heteroatoms. The maximum absolute atomic E-state index is 11.7. The Morgan fingerprint density at radius 3 is 2.70 bits per heavy atom. The third-order valence-electron chi connectivity index (χ3n) is 2.36. The molecule has 0 saturated heterocycles. The third-order valence-corrected chi connectivity index (χ3v) is 2.92. The van der Waals surface area contributed by atoms with E-state index in [1.807, 2.05) is 0 Å². The molecule has 1 heterocycles. The van der Waals surface area contributed by atoms with Crippen LogP contribution in [0.15, 0.2) is 41.0 Å². The highest BCUT2D eigenvalue weighted by Crippen LogP contribution is 2.25. The number of rotatable bonds is 4. The molecule has 0 aliphatic carbocycles. The molecule has 1 aromatic carbocycles. The first-order valence-electron chi connectivity index (χ1n) is 5.63. The normalized spacial score (nSPS) is 10.1. The van der Waals surface area contributed by atoms with E-state index < -0.39 is 11.8 Å². The van der Waals surface area contributed by atoms with Gasteiger partial charge in [0.1, 0.15) is 0 Å². The molecule has 0 atom stereocenters. The summed E-state index contributed by atoms with van der Waals surface area (Å²) in [5.41, 5.74) is 0.386. The van der Waals surface area contributed by atoms with Crippen LogP contribution in [0.25, 0.3) is 0 Å². The van der Waals surface area contributed by atoms with Crippen LogP contribution in [0.1, 0.15) is 10.6 Å². The second kappa shape index (κ2) is 6.45. The quantitative estimate of drug-likeness (QED) is 0.911. The van der Waals surface area contributed by atoms with Crippen molar-refractivity contribution < 1.29 is 14.0 Å². The number of carbonyl (C=O) groups excluding carboxylic acids is 2. The van der Waals surface area contributed by atoms with Gasteiger partial charge < -0.3 is 15.1 Å². The first-order chi connectivity index (χ1) is 9.56. The Hall–Kier alpha value is -1.98. The Balaban J connectivity index is 1.90. The average molecular weight is 313 g/mol. The van der Waals surface area contributed by atoms with Crippen molar-refractivity contribution in [2.24, 2.45) is 0 Å². The van der Waals surface area contributed by atoms with E-state index in [0.717, 1.165) is 0 Å². The van der Waals surface area contributed by atoms with Gasteiger partial charge in [0, 0.05) is 5.02 Å². The van der Waals surface area contributed by atoms with Crippen molar-refractivity contribution in [1.29, 1.82) is 0 Å². The van der Waals surface area contributed by atoms with Crippen molar-refractivity contribution in [3.05, 3.63) is 52.4 Å². The van der Waals surface area contributed by atoms with Gasteiger partial charge in [-0.3, -0.25) is 9.59 Å². The number of halogens is 2. The van der Waals surface area contributed by atoms with Crippen LogP contribution in [-0.4, -0.2) is 18.4 Å². The van der Waals surface area contributed by atoms with Crippen LogP contribution in [0.4, 0.5) is 5.69 Å². The Bertz CT molecular complexity index is 627. The third kappa shape index (κ3) is 3.76. The molecular formula is C13H10Cl2N2O3. The summed E-state index contributed by atoms with van der Waals surface area (Å²) in [6.45, 7) is -0.206. The molecule has 104 valence electrons. The first-order valence-corrected chi connectivity index (χ1v) is 6.38. The van der Waals surface area contributed by atoms with E-state index in [1.165, 1.54) is 18.4 Å². The van der Waals surface area contributed by atoms with Crippen LogP contribution in [-0.2, 0) is 4.79 Å². The maximum atomic E-state index is 11.7. The van der Waals surface area contributed by atoms with Crippen molar-refractivity contribution in [1.82, 2.24) is 5.32 Å². The smallest absolute Gasteiger partial charge is 0.287 e. The van der Waals surface area contributed by atoms with Crippen LogP contribution in [0, 0.1) is 0 Å². The first kappa shape index (κ1) is 14.4. The van der Waals surface area contributed by atoms with E-state index >= 15 is 0 Å². The van der Waals surface area contributed by atoms with E-state index in [-0.39, 0.29) is 12.3 Å². The van der Waals surface area contributed by atoms with Gasteiger partial charge in [0.15, 0.2) is 5.76 Å². The lowest BCUT2D eigenvalue weighted by Gasteiger charge is -2.08. The Morgan fingerprint density at radius 1 is 1.20 bits per heavy atom. The molecule has 0 bridgehead atoms. The molecule has 2 N–H and O–H groups in total. The fourth-order valence-corrected chi connectivity index (χ4v) is 1.78. The van der Waals surface area contributed by atoms with Gasteiger partial charge in [-0.05, 0) is 30.3 Å². The predicted molar refractivity (Wildman–Crippen MR) is 76.1 cm³/mol. The SMILES string of the molecule is O=C(CNC(=O)c1ccco1)Nc1cc(Cl)ccc1Cl. The fourth-order valence-electron chi connectivity index (χ4n) is 1.44. The number of carbonyl (C=O) groups is 2. The molecule has 2 amide bonds. The van der Waals surface area contributed by atoms with Gasteiger partial charge in [0.25, 0.3) is 5.91 Å². The number of furan rings is 1. The second-order valence-corrected chi connectivity index (χ2v) is 4.68. The summed E-state index contributed by atoms with van der Waals surface area (Å²) < 4.78 is 4.90. The lowest BCUT2D eigenvalue weighted by molar-refractivity contribution is -0.115. The minimum Gasteiger partial charge on any atom is -0.459 e. The van der Waals surface area contributed by atoms with Gasteiger partial charge in [-0.1, -0.05) is 23.2 Å². The minimum atomic E-state index is -0.470. The topological polar surface area (TPSA) is 71.3 Å². The van der Waals surface area contributed by atoms with Crippen LogP contribution >= 0.6 is 23.2 Å². The lowest BCUT2D eigenvalue weighted by atomic mass is 10.3. The standard InChI is InChI=1S/C13H10Cl2N2O3/c14-8-3-4-9(15)10(6-8)17-12(18)7-16-13(19)11-2-1-5-20-11/h1-6H,7H2,(H,16,19)(H,17,18). The van der Waals surface area contributed by atoms with Crippen molar-refractivity contribution in [3.8, 4) is 0 Å². The molecule has 0 aliphatic heterocycles. The molecule has 0 spiro atoms. The van der Waals surface area contributed by atoms with E-state index in [4.69, 9.17) is 27.6 Å². The number of nitrogens with one attached hydrogen (secondary N) is 2. The molecule has 0 aliphatic rings. The summed E-state index contributed by atoms with van der Waals surface area (Å²) in [5.74, 6) is -0.755. The highest BCUT2D eigenvalue weighted by molar-refractivity contribution is 6.35. The minimum absolute atomic E-state index is 0.138. The number of amides is 2. The van der Waals surface area contributed by atoms with E-state index in [0.29, 0.717) is 15.7 Å². The van der Waals surface area contributed by atoms with E-state index in [1.54, 1.807) is 18.2 Å². The van der Waals surface area contributed by atoms with E-state index in [9.17, 15) is 9.59 Å². The van der Waals surface area contributed by atoms with Crippen molar-refractivity contribution >= 4 is 40.7 Å². The molecule has 1 aromatic heterocycles. The molecule has 0 saturated carbocycles. The second-order valence-electron chi connectivity index (χ2n) is 3.83. The summed E-state index contributed by atoms with van der Waals surface area (Å²) in [5, 5.41) is 5.78. The van der Waals surface area contributed by atoms with Gasteiger partial charge in [-0.2, -0.15) is 0 Å². The summed E-state index contributed by atoms with van der Waals surface area (Å²) in [4.78, 5) is 23.2. The van der Waals surface area contributed by atoms with Gasteiger partial charge in [-0.15, -0.1) is 0 Å². The van der Waals surface area contributed by atoms with Gasteiger partial charge in [0.2, 0.25) is 5.91 Å². The molecule has 20 heavy (non-hydrogen) atoms. The monoisotopic (exact) mass is 312 g/mol. The molecule has 0 radical (unpaired) electrons. The Kier molecular flexibility index (Phi) is 4.65. The lowest BCUT2D eigenvalue weighted by Crippen LogP contribution is -2.32. The molecule has 2 aromatic rings. The summed E-state index contributed by atoms with van der Waals surface area (Å²) >= 11 is 11.7. The summed E-state index contributed by atoms with van der Waals surface area (Å²) in [6, 6.07) is 7.79. The number of benzene rings is 1. The molecular weight excluding hydrogens is 303 g/mol. The zero-order valence-corrected chi connectivity index (χ0v) is 11.7. The van der Waals surface area contributed by atoms with Crippen LogP contribution < -0.4 is 10.6 Å². The number of anilines is 1. The van der Waals surface area contributed by atoms with Gasteiger partial charge >= 0.3 is 0 Å². The summed E-state index contributed by atoms with van der Waals surface area (Å²) in [7, 11) is 0. The van der Waals surface area contributed by atoms with Crippen molar-refractivity contribution in [2.75, 3.05) is 11.9 Å². The summed E-state index contributed by atoms with van der Waals surface area (Å²) in [6.07, 6.45) is 1.38. The molecule has 5 nitrogen and oxygen atoms in total. The van der Waals surface area contributed by atoms with Crippen LogP contribution in [0.3, 0.4) is 0 Å². The Morgan fingerprint density at radius 2 is 2.00 bits per heavy atom. The average Bonchev–Trinajstić information content (AvgIpc) is 2.94. The van der Waals surface area contributed by atoms with Crippen LogP contribution in [0.5, 0.6) is 0 Å². The molecule has 2 rings (SSSR count). The van der Waals surface area contributed by atoms with E-state index in [2.05, 4.69) is 10.6 Å². The Labute approximate surface area is 124 Å². The zero-order chi connectivity index (χ0) is 14.5. The van der Waals surface area contributed by atoms with Crippen LogP contribution in [0.2, 0.25) is 10.0 Å².